The van der Waals surface area contributed by atoms with E-state index in [0.717, 1.165) is 42.7 Å². The zero-order chi connectivity index (χ0) is 18.6. The lowest BCUT2D eigenvalue weighted by atomic mass is 10.1. The molecular formula is C24H16Br2O. The maximum atomic E-state index is 6.20. The normalized spacial score (nSPS) is 10.6. The van der Waals surface area contributed by atoms with Gasteiger partial charge in [0.1, 0.15) is 11.5 Å². The Bertz CT molecular complexity index is 973. The van der Waals surface area contributed by atoms with E-state index in [-0.39, 0.29) is 0 Å². The van der Waals surface area contributed by atoms with Crippen LogP contribution in [-0.4, -0.2) is 0 Å². The molecule has 3 heteroatoms. The first-order chi connectivity index (χ1) is 13.2. The highest BCUT2D eigenvalue weighted by Crippen LogP contribution is 2.34. The summed E-state index contributed by atoms with van der Waals surface area (Å²) in [4.78, 5) is 0. The lowest BCUT2D eigenvalue weighted by Gasteiger charge is -2.11. The first kappa shape index (κ1) is 18.0. The molecule has 0 amide bonds. The molecule has 4 aromatic carbocycles. The summed E-state index contributed by atoms with van der Waals surface area (Å²) in [5.74, 6) is 1.58. The van der Waals surface area contributed by atoms with Crippen LogP contribution >= 0.6 is 31.9 Å². The second kappa shape index (κ2) is 8.12. The predicted octanol–water partition coefficient (Wildman–Crippen LogP) is 8.34. The van der Waals surface area contributed by atoms with Gasteiger partial charge in [-0.05, 0) is 58.7 Å². The quantitative estimate of drug-likeness (QED) is 0.285. The van der Waals surface area contributed by atoms with Crippen LogP contribution in [0.25, 0.3) is 22.3 Å². The van der Waals surface area contributed by atoms with Gasteiger partial charge in [-0.3, -0.25) is 0 Å². The summed E-state index contributed by atoms with van der Waals surface area (Å²) < 4.78 is 8.17. The van der Waals surface area contributed by atoms with Crippen molar-refractivity contribution in [3.8, 4) is 33.8 Å². The van der Waals surface area contributed by atoms with E-state index in [1.54, 1.807) is 0 Å². The fourth-order valence-electron chi connectivity index (χ4n) is 2.97. The number of hydrogen-bond acceptors (Lipinski definition) is 1. The van der Waals surface area contributed by atoms with Gasteiger partial charge in [0, 0.05) is 8.95 Å². The van der Waals surface area contributed by atoms with Crippen molar-refractivity contribution in [1.29, 1.82) is 0 Å². The number of hydrogen-bond donors (Lipinski definition) is 0. The number of halogens is 2. The van der Waals surface area contributed by atoms with Crippen LogP contribution in [0.5, 0.6) is 11.5 Å². The maximum absolute atomic E-state index is 6.20. The van der Waals surface area contributed by atoms with E-state index in [1.807, 2.05) is 48.5 Å². The molecule has 0 saturated heterocycles. The second-order valence-electron chi connectivity index (χ2n) is 6.19. The van der Waals surface area contributed by atoms with E-state index in [2.05, 4.69) is 80.4 Å². The first-order valence-corrected chi connectivity index (χ1v) is 10.2. The minimum absolute atomic E-state index is 0.792. The molecule has 4 rings (SSSR count). The molecule has 0 N–H and O–H groups in total. The predicted molar refractivity (Wildman–Crippen MR) is 119 cm³/mol. The SMILES string of the molecule is Brc1cc(Oc2cc(Br)cc(-c3ccccc3)c2)cc(-c2ccccc2)c1. The van der Waals surface area contributed by atoms with Crippen molar-refractivity contribution in [3.63, 3.8) is 0 Å². The third-order valence-electron chi connectivity index (χ3n) is 4.19. The summed E-state index contributed by atoms with van der Waals surface area (Å²) in [6, 6.07) is 32.8. The molecule has 1 nitrogen and oxygen atoms in total. The van der Waals surface area contributed by atoms with Crippen molar-refractivity contribution >= 4 is 31.9 Å². The van der Waals surface area contributed by atoms with E-state index in [1.165, 1.54) is 0 Å². The molecular weight excluding hydrogens is 464 g/mol. The van der Waals surface area contributed by atoms with Crippen molar-refractivity contribution in [2.75, 3.05) is 0 Å². The van der Waals surface area contributed by atoms with Gasteiger partial charge in [0.05, 0.1) is 0 Å². The number of ether oxygens (including phenoxy) is 1. The average Bonchev–Trinajstić information content (AvgIpc) is 2.68. The molecule has 0 spiro atoms. The Labute approximate surface area is 175 Å². The van der Waals surface area contributed by atoms with Crippen LogP contribution in [0.2, 0.25) is 0 Å². The van der Waals surface area contributed by atoms with E-state index < -0.39 is 0 Å². The molecule has 0 aliphatic heterocycles. The van der Waals surface area contributed by atoms with E-state index in [9.17, 15) is 0 Å². The van der Waals surface area contributed by atoms with Gasteiger partial charge in [-0.1, -0.05) is 92.5 Å². The molecule has 0 fully saturated rings. The van der Waals surface area contributed by atoms with Gasteiger partial charge < -0.3 is 4.74 Å². The monoisotopic (exact) mass is 478 g/mol. The Kier molecular flexibility index (Phi) is 5.42. The summed E-state index contributed by atoms with van der Waals surface area (Å²) >= 11 is 7.20. The molecule has 0 aliphatic carbocycles. The van der Waals surface area contributed by atoms with Crippen LogP contribution in [0.15, 0.2) is 106 Å². The van der Waals surface area contributed by atoms with Gasteiger partial charge in [-0.25, -0.2) is 0 Å². The van der Waals surface area contributed by atoms with Gasteiger partial charge in [0.15, 0.2) is 0 Å². The van der Waals surface area contributed by atoms with Gasteiger partial charge in [-0.15, -0.1) is 0 Å². The summed E-state index contributed by atoms with van der Waals surface area (Å²) in [5.41, 5.74) is 4.53. The Morgan fingerprint density at radius 1 is 0.444 bits per heavy atom. The lowest BCUT2D eigenvalue weighted by Crippen LogP contribution is -1.88. The third kappa shape index (κ3) is 4.49. The van der Waals surface area contributed by atoms with Gasteiger partial charge in [0.25, 0.3) is 0 Å². The Balaban J connectivity index is 1.69. The zero-order valence-electron chi connectivity index (χ0n) is 14.4. The fourth-order valence-corrected chi connectivity index (χ4v) is 3.92. The standard InChI is InChI=1S/C24H16Br2O/c25-21-11-19(17-7-3-1-4-8-17)13-23(15-21)27-24-14-20(12-22(26)16-24)18-9-5-2-6-10-18/h1-16H. The molecule has 27 heavy (non-hydrogen) atoms. The summed E-state index contributed by atoms with van der Waals surface area (Å²) in [6.07, 6.45) is 0. The van der Waals surface area contributed by atoms with Gasteiger partial charge in [0.2, 0.25) is 0 Å². The van der Waals surface area contributed by atoms with Crippen LogP contribution in [0, 0.1) is 0 Å². The number of benzene rings is 4. The largest absolute Gasteiger partial charge is 0.457 e. The van der Waals surface area contributed by atoms with Crippen LogP contribution in [0.4, 0.5) is 0 Å². The molecule has 4 aromatic rings. The van der Waals surface area contributed by atoms with Crippen LogP contribution in [0.1, 0.15) is 0 Å². The molecule has 0 radical (unpaired) electrons. The van der Waals surface area contributed by atoms with Gasteiger partial charge in [-0.2, -0.15) is 0 Å². The Hall–Kier alpha value is -2.36. The van der Waals surface area contributed by atoms with Crippen LogP contribution < -0.4 is 4.74 Å². The smallest absolute Gasteiger partial charge is 0.129 e. The van der Waals surface area contributed by atoms with Crippen molar-refractivity contribution in [2.45, 2.75) is 0 Å². The maximum Gasteiger partial charge on any atom is 0.129 e. The Morgan fingerprint density at radius 3 is 1.26 bits per heavy atom. The van der Waals surface area contributed by atoms with Crippen molar-refractivity contribution in [1.82, 2.24) is 0 Å². The van der Waals surface area contributed by atoms with Crippen molar-refractivity contribution in [2.24, 2.45) is 0 Å². The van der Waals surface area contributed by atoms with Crippen LogP contribution in [-0.2, 0) is 0 Å². The fraction of sp³-hybridized carbons (Fsp3) is 0. The molecule has 0 heterocycles. The molecule has 0 saturated carbocycles. The number of rotatable bonds is 4. The topological polar surface area (TPSA) is 9.23 Å². The van der Waals surface area contributed by atoms with Gasteiger partial charge >= 0.3 is 0 Å². The Morgan fingerprint density at radius 2 is 0.852 bits per heavy atom. The zero-order valence-corrected chi connectivity index (χ0v) is 17.6. The molecule has 0 aliphatic rings. The van der Waals surface area contributed by atoms with E-state index in [4.69, 9.17) is 4.74 Å². The molecule has 0 aromatic heterocycles. The van der Waals surface area contributed by atoms with E-state index >= 15 is 0 Å². The molecule has 0 atom stereocenters. The van der Waals surface area contributed by atoms with Crippen LogP contribution in [0.3, 0.4) is 0 Å². The summed E-state index contributed by atoms with van der Waals surface area (Å²) in [7, 11) is 0. The second-order valence-corrected chi connectivity index (χ2v) is 8.02. The minimum Gasteiger partial charge on any atom is -0.457 e. The lowest BCUT2D eigenvalue weighted by molar-refractivity contribution is 0.482. The average molecular weight is 480 g/mol. The first-order valence-electron chi connectivity index (χ1n) is 8.57. The third-order valence-corrected chi connectivity index (χ3v) is 5.11. The highest BCUT2D eigenvalue weighted by molar-refractivity contribution is 9.10. The highest BCUT2D eigenvalue weighted by Gasteiger charge is 2.07. The highest BCUT2D eigenvalue weighted by atomic mass is 79.9. The minimum atomic E-state index is 0.792. The molecule has 0 unspecified atom stereocenters. The van der Waals surface area contributed by atoms with Crippen molar-refractivity contribution in [3.05, 3.63) is 106 Å². The van der Waals surface area contributed by atoms with Crippen molar-refractivity contribution < 1.29 is 4.74 Å². The molecule has 0 bridgehead atoms. The summed E-state index contributed by atoms with van der Waals surface area (Å²) in [5, 5.41) is 0. The molecule has 132 valence electrons. The van der Waals surface area contributed by atoms with E-state index in [0.29, 0.717) is 0 Å². The summed E-state index contributed by atoms with van der Waals surface area (Å²) in [6.45, 7) is 0.